The first-order valence-electron chi connectivity index (χ1n) is 5.61. The van der Waals surface area contributed by atoms with Crippen LogP contribution in [0.25, 0.3) is 0 Å². The molecule has 0 heterocycles. The normalized spacial score (nSPS) is 11.1. The van der Waals surface area contributed by atoms with Gasteiger partial charge in [-0.1, -0.05) is 42.9 Å². The van der Waals surface area contributed by atoms with Crippen LogP contribution >= 0.6 is 22.6 Å². The Labute approximate surface area is 102 Å². The SMILES string of the molecule is CC(C)COCCNCCCCCI. The van der Waals surface area contributed by atoms with Gasteiger partial charge in [0.2, 0.25) is 0 Å². The Hall–Kier alpha value is 0.650. The monoisotopic (exact) mass is 313 g/mol. The average Bonchev–Trinajstić information content (AvgIpc) is 2.15. The summed E-state index contributed by atoms with van der Waals surface area (Å²) in [6.45, 7) is 8.23. The van der Waals surface area contributed by atoms with E-state index in [2.05, 4.69) is 41.8 Å². The molecule has 0 aliphatic rings. The fourth-order valence-electron chi connectivity index (χ4n) is 1.11. The molecule has 0 unspecified atom stereocenters. The lowest BCUT2D eigenvalue weighted by Crippen LogP contribution is -2.21. The Morgan fingerprint density at radius 1 is 1.14 bits per heavy atom. The largest absolute Gasteiger partial charge is 0.380 e. The molecule has 3 heteroatoms. The summed E-state index contributed by atoms with van der Waals surface area (Å²) in [5, 5.41) is 3.39. The van der Waals surface area contributed by atoms with Gasteiger partial charge in [0.05, 0.1) is 6.61 Å². The number of nitrogens with one attached hydrogen (secondary N) is 1. The summed E-state index contributed by atoms with van der Waals surface area (Å²) in [7, 11) is 0. The van der Waals surface area contributed by atoms with Crippen LogP contribution in [0, 0.1) is 5.92 Å². The maximum absolute atomic E-state index is 5.46. The molecule has 2 nitrogen and oxygen atoms in total. The van der Waals surface area contributed by atoms with Crippen molar-refractivity contribution in [2.75, 3.05) is 30.7 Å². The maximum atomic E-state index is 5.46. The van der Waals surface area contributed by atoms with E-state index in [0.29, 0.717) is 5.92 Å². The number of unbranched alkanes of at least 4 members (excludes halogenated alkanes) is 2. The molecule has 86 valence electrons. The van der Waals surface area contributed by atoms with Crippen molar-refractivity contribution in [2.45, 2.75) is 33.1 Å². The minimum Gasteiger partial charge on any atom is -0.380 e. The number of rotatable bonds is 10. The van der Waals surface area contributed by atoms with Gasteiger partial charge >= 0.3 is 0 Å². The molecule has 0 aliphatic carbocycles. The van der Waals surface area contributed by atoms with Crippen LogP contribution in [0.15, 0.2) is 0 Å². The van der Waals surface area contributed by atoms with E-state index < -0.39 is 0 Å². The molecule has 0 atom stereocenters. The van der Waals surface area contributed by atoms with Gasteiger partial charge in [0.1, 0.15) is 0 Å². The van der Waals surface area contributed by atoms with Crippen LogP contribution in [0.4, 0.5) is 0 Å². The summed E-state index contributed by atoms with van der Waals surface area (Å²) in [5.41, 5.74) is 0. The van der Waals surface area contributed by atoms with E-state index in [-0.39, 0.29) is 0 Å². The minimum absolute atomic E-state index is 0.652. The summed E-state index contributed by atoms with van der Waals surface area (Å²) in [6, 6.07) is 0. The number of alkyl halides is 1. The van der Waals surface area contributed by atoms with E-state index >= 15 is 0 Å². The fourth-order valence-corrected chi connectivity index (χ4v) is 1.65. The Kier molecular flexibility index (Phi) is 12.3. The van der Waals surface area contributed by atoms with E-state index in [9.17, 15) is 0 Å². The molecule has 0 aliphatic heterocycles. The molecule has 14 heavy (non-hydrogen) atoms. The van der Waals surface area contributed by atoms with Gasteiger partial charge in [0.15, 0.2) is 0 Å². The maximum Gasteiger partial charge on any atom is 0.0591 e. The van der Waals surface area contributed by atoms with E-state index in [1.165, 1.54) is 23.7 Å². The number of hydrogen-bond acceptors (Lipinski definition) is 2. The molecule has 0 aromatic rings. The highest BCUT2D eigenvalue weighted by Crippen LogP contribution is 1.97. The zero-order chi connectivity index (χ0) is 10.6. The molecular formula is C11H24INO. The zero-order valence-electron chi connectivity index (χ0n) is 9.52. The quantitative estimate of drug-likeness (QED) is 0.380. The lowest BCUT2D eigenvalue weighted by atomic mass is 10.2. The summed E-state index contributed by atoms with van der Waals surface area (Å²) in [6.07, 6.45) is 4.00. The van der Waals surface area contributed by atoms with Crippen LogP contribution in [-0.4, -0.2) is 30.7 Å². The molecule has 0 saturated carbocycles. The first-order chi connectivity index (χ1) is 6.77. The van der Waals surface area contributed by atoms with Crippen LogP contribution < -0.4 is 5.32 Å². The Bertz CT molecular complexity index is 109. The highest BCUT2D eigenvalue weighted by Gasteiger charge is 1.93. The smallest absolute Gasteiger partial charge is 0.0591 e. The van der Waals surface area contributed by atoms with Crippen LogP contribution in [0.1, 0.15) is 33.1 Å². The van der Waals surface area contributed by atoms with Crippen molar-refractivity contribution in [3.05, 3.63) is 0 Å². The van der Waals surface area contributed by atoms with Gasteiger partial charge in [-0.15, -0.1) is 0 Å². The summed E-state index contributed by atoms with van der Waals surface area (Å²) < 4.78 is 6.75. The second-order valence-corrected chi connectivity index (χ2v) is 5.05. The average molecular weight is 313 g/mol. The van der Waals surface area contributed by atoms with Crippen molar-refractivity contribution >= 4 is 22.6 Å². The highest BCUT2D eigenvalue weighted by molar-refractivity contribution is 14.1. The van der Waals surface area contributed by atoms with Crippen LogP contribution in [0.3, 0.4) is 0 Å². The third kappa shape index (κ3) is 12.7. The third-order valence-electron chi connectivity index (χ3n) is 1.86. The molecular weight excluding hydrogens is 289 g/mol. The standard InChI is InChI=1S/C11H24INO/c1-11(2)10-14-9-8-13-7-5-3-4-6-12/h11,13H,3-10H2,1-2H3. The number of ether oxygens (including phenoxy) is 1. The third-order valence-corrected chi connectivity index (χ3v) is 2.62. The minimum atomic E-state index is 0.652. The van der Waals surface area contributed by atoms with Crippen LogP contribution in [0.2, 0.25) is 0 Å². The second kappa shape index (κ2) is 11.7. The molecule has 0 radical (unpaired) electrons. The van der Waals surface area contributed by atoms with Crippen LogP contribution in [-0.2, 0) is 4.74 Å². The summed E-state index contributed by atoms with van der Waals surface area (Å²) in [5.74, 6) is 0.652. The predicted molar refractivity (Wildman–Crippen MR) is 71.3 cm³/mol. The lowest BCUT2D eigenvalue weighted by molar-refractivity contribution is 0.112. The first kappa shape index (κ1) is 14.6. The van der Waals surface area contributed by atoms with Crippen molar-refractivity contribution in [2.24, 2.45) is 5.92 Å². The number of halogens is 1. The predicted octanol–water partition coefficient (Wildman–Crippen LogP) is 2.85. The molecule has 0 aromatic carbocycles. The lowest BCUT2D eigenvalue weighted by Gasteiger charge is -2.07. The highest BCUT2D eigenvalue weighted by atomic mass is 127. The Morgan fingerprint density at radius 3 is 2.57 bits per heavy atom. The molecule has 0 fully saturated rings. The van der Waals surface area contributed by atoms with Gasteiger partial charge in [-0.25, -0.2) is 0 Å². The Morgan fingerprint density at radius 2 is 1.93 bits per heavy atom. The zero-order valence-corrected chi connectivity index (χ0v) is 11.7. The molecule has 0 bridgehead atoms. The van der Waals surface area contributed by atoms with E-state index in [1.54, 1.807) is 0 Å². The molecule has 0 saturated heterocycles. The molecule has 0 spiro atoms. The van der Waals surface area contributed by atoms with Gasteiger partial charge in [0, 0.05) is 13.2 Å². The van der Waals surface area contributed by atoms with Crippen molar-refractivity contribution in [1.82, 2.24) is 5.32 Å². The molecule has 0 rings (SSSR count). The second-order valence-electron chi connectivity index (χ2n) is 3.97. The molecule has 0 aromatic heterocycles. The van der Waals surface area contributed by atoms with Crippen molar-refractivity contribution < 1.29 is 4.74 Å². The van der Waals surface area contributed by atoms with Gasteiger partial charge in [-0.2, -0.15) is 0 Å². The van der Waals surface area contributed by atoms with Crippen molar-refractivity contribution in [3.8, 4) is 0 Å². The van der Waals surface area contributed by atoms with E-state index in [0.717, 1.165) is 26.3 Å². The summed E-state index contributed by atoms with van der Waals surface area (Å²) >= 11 is 2.43. The van der Waals surface area contributed by atoms with Crippen LogP contribution in [0.5, 0.6) is 0 Å². The summed E-state index contributed by atoms with van der Waals surface area (Å²) in [4.78, 5) is 0. The first-order valence-corrected chi connectivity index (χ1v) is 7.14. The Balaban J connectivity index is 2.85. The molecule has 1 N–H and O–H groups in total. The van der Waals surface area contributed by atoms with Crippen molar-refractivity contribution in [3.63, 3.8) is 0 Å². The van der Waals surface area contributed by atoms with Crippen molar-refractivity contribution in [1.29, 1.82) is 0 Å². The fraction of sp³-hybridized carbons (Fsp3) is 1.00. The van der Waals surface area contributed by atoms with Gasteiger partial charge in [-0.3, -0.25) is 0 Å². The van der Waals surface area contributed by atoms with Gasteiger partial charge in [-0.05, 0) is 29.7 Å². The van der Waals surface area contributed by atoms with Gasteiger partial charge < -0.3 is 10.1 Å². The van der Waals surface area contributed by atoms with E-state index in [4.69, 9.17) is 4.74 Å². The molecule has 0 amide bonds. The topological polar surface area (TPSA) is 21.3 Å². The van der Waals surface area contributed by atoms with E-state index in [1.807, 2.05) is 0 Å². The number of hydrogen-bond donors (Lipinski definition) is 1. The van der Waals surface area contributed by atoms with Gasteiger partial charge in [0.25, 0.3) is 0 Å².